The smallest absolute Gasteiger partial charge is 0.243 e. The second-order valence-corrected chi connectivity index (χ2v) is 6.50. The number of amides is 2. The van der Waals surface area contributed by atoms with Gasteiger partial charge in [0.25, 0.3) is 0 Å². The topological polar surface area (TPSA) is 92.5 Å². The van der Waals surface area contributed by atoms with E-state index in [2.05, 4.69) is 5.32 Å². The molecular formula is C14H25N3O3. The molecule has 20 heavy (non-hydrogen) atoms. The molecule has 0 aromatic carbocycles. The van der Waals surface area contributed by atoms with Gasteiger partial charge in [-0.1, -0.05) is 27.7 Å². The van der Waals surface area contributed by atoms with E-state index in [9.17, 15) is 14.4 Å². The summed E-state index contributed by atoms with van der Waals surface area (Å²) >= 11 is 0. The molecule has 6 heteroatoms. The fraction of sp³-hybridized carbons (Fsp3) is 0.786. The number of likely N-dealkylation sites (tertiary alicyclic amines) is 1. The standard InChI is InChI=1S/C14H25N3O3/c1-9(14(2,3)4)13(20)17-8-10(15)7-11(17)12(19)16-5-6-18/h6,9-11H,5,7-8,15H2,1-4H3,(H,16,19)/t9-,10+,11+/m1/s1. The van der Waals surface area contributed by atoms with Gasteiger partial charge < -0.3 is 20.7 Å². The lowest BCUT2D eigenvalue weighted by molar-refractivity contribution is -0.143. The van der Waals surface area contributed by atoms with Crippen LogP contribution < -0.4 is 11.1 Å². The van der Waals surface area contributed by atoms with Crippen LogP contribution in [0.15, 0.2) is 0 Å². The van der Waals surface area contributed by atoms with Gasteiger partial charge in [0, 0.05) is 18.5 Å². The van der Waals surface area contributed by atoms with E-state index in [1.54, 1.807) is 4.90 Å². The Bertz CT molecular complexity index is 390. The first-order valence-electron chi connectivity index (χ1n) is 6.96. The van der Waals surface area contributed by atoms with Crippen LogP contribution in [0.25, 0.3) is 0 Å². The molecule has 114 valence electrons. The minimum Gasteiger partial charge on any atom is -0.348 e. The van der Waals surface area contributed by atoms with Crippen molar-refractivity contribution in [2.24, 2.45) is 17.1 Å². The maximum Gasteiger partial charge on any atom is 0.243 e. The molecule has 0 bridgehead atoms. The molecule has 1 fully saturated rings. The van der Waals surface area contributed by atoms with Crippen molar-refractivity contribution in [2.75, 3.05) is 13.1 Å². The molecule has 0 aliphatic carbocycles. The molecule has 1 aliphatic heterocycles. The maximum atomic E-state index is 12.5. The van der Waals surface area contributed by atoms with Crippen LogP contribution in [0.4, 0.5) is 0 Å². The van der Waals surface area contributed by atoms with E-state index in [1.165, 1.54) is 0 Å². The van der Waals surface area contributed by atoms with Gasteiger partial charge in [0.2, 0.25) is 11.8 Å². The summed E-state index contributed by atoms with van der Waals surface area (Å²) in [6.45, 7) is 8.19. The molecule has 0 saturated carbocycles. The molecule has 1 aliphatic rings. The first kappa shape index (κ1) is 16.6. The minimum absolute atomic E-state index is 0.0403. The second kappa shape index (κ2) is 6.35. The number of aldehydes is 1. The molecule has 3 N–H and O–H groups in total. The highest BCUT2D eigenvalue weighted by Crippen LogP contribution is 2.29. The van der Waals surface area contributed by atoms with Gasteiger partial charge in [-0.3, -0.25) is 9.59 Å². The molecule has 1 heterocycles. The molecule has 0 spiro atoms. The van der Waals surface area contributed by atoms with Gasteiger partial charge in [-0.25, -0.2) is 0 Å². The minimum atomic E-state index is -0.567. The number of nitrogens with zero attached hydrogens (tertiary/aromatic N) is 1. The quantitative estimate of drug-likeness (QED) is 0.705. The van der Waals surface area contributed by atoms with E-state index < -0.39 is 6.04 Å². The third-order valence-corrected chi connectivity index (χ3v) is 3.95. The van der Waals surface area contributed by atoms with Gasteiger partial charge in [-0.15, -0.1) is 0 Å². The molecule has 1 saturated heterocycles. The summed E-state index contributed by atoms with van der Waals surface area (Å²) in [6.07, 6.45) is 1.06. The van der Waals surface area contributed by atoms with Crippen LogP contribution in [0.3, 0.4) is 0 Å². The van der Waals surface area contributed by atoms with Gasteiger partial charge in [-0.2, -0.15) is 0 Å². The lowest BCUT2D eigenvalue weighted by Crippen LogP contribution is -2.49. The van der Waals surface area contributed by atoms with Crippen LogP contribution in [-0.2, 0) is 14.4 Å². The number of rotatable bonds is 4. The summed E-state index contributed by atoms with van der Waals surface area (Å²) in [7, 11) is 0. The number of carbonyl (C=O) groups excluding carboxylic acids is 3. The van der Waals surface area contributed by atoms with Crippen LogP contribution in [0.1, 0.15) is 34.1 Å². The molecule has 2 amide bonds. The Kier molecular flexibility index (Phi) is 5.28. The lowest BCUT2D eigenvalue weighted by Gasteiger charge is -2.32. The number of carbonyl (C=O) groups is 3. The number of nitrogens with two attached hydrogens (primary N) is 1. The zero-order valence-electron chi connectivity index (χ0n) is 12.7. The van der Waals surface area contributed by atoms with Crippen LogP contribution in [0, 0.1) is 11.3 Å². The summed E-state index contributed by atoms with van der Waals surface area (Å²) < 4.78 is 0. The van der Waals surface area contributed by atoms with Crippen molar-refractivity contribution in [1.82, 2.24) is 10.2 Å². The third kappa shape index (κ3) is 3.79. The Morgan fingerprint density at radius 1 is 1.45 bits per heavy atom. The van der Waals surface area contributed by atoms with Crippen molar-refractivity contribution >= 4 is 18.1 Å². The summed E-state index contributed by atoms with van der Waals surface area (Å²) in [5.41, 5.74) is 5.71. The molecule has 6 nitrogen and oxygen atoms in total. The highest BCUT2D eigenvalue weighted by molar-refractivity contribution is 5.90. The predicted octanol–water partition coefficient (Wildman–Crippen LogP) is -0.0881. The highest BCUT2D eigenvalue weighted by Gasteiger charge is 2.41. The predicted molar refractivity (Wildman–Crippen MR) is 75.8 cm³/mol. The zero-order chi connectivity index (χ0) is 15.5. The first-order chi connectivity index (χ1) is 9.18. The van der Waals surface area contributed by atoms with Crippen molar-refractivity contribution in [3.8, 4) is 0 Å². The fourth-order valence-corrected chi connectivity index (χ4v) is 2.24. The van der Waals surface area contributed by atoms with Gasteiger partial charge in [0.15, 0.2) is 0 Å². The molecule has 1 rings (SSSR count). The molecule has 3 atom stereocenters. The average Bonchev–Trinajstić information content (AvgIpc) is 2.75. The monoisotopic (exact) mass is 283 g/mol. The van der Waals surface area contributed by atoms with Crippen molar-refractivity contribution in [3.05, 3.63) is 0 Å². The molecule has 0 aromatic rings. The number of hydrogen-bond donors (Lipinski definition) is 2. The average molecular weight is 283 g/mol. The Labute approximate surface area is 120 Å². The van der Waals surface area contributed by atoms with Gasteiger partial charge in [0.1, 0.15) is 12.3 Å². The van der Waals surface area contributed by atoms with Crippen LogP contribution >= 0.6 is 0 Å². The SMILES string of the molecule is C[C@H](C(=O)N1C[C@@H](N)C[C@H]1C(=O)NCC=O)C(C)(C)C. The van der Waals surface area contributed by atoms with Gasteiger partial charge in [-0.05, 0) is 11.8 Å². The van der Waals surface area contributed by atoms with E-state index in [0.717, 1.165) is 0 Å². The summed E-state index contributed by atoms with van der Waals surface area (Å²) in [5, 5.41) is 2.50. The summed E-state index contributed by atoms with van der Waals surface area (Å²) in [6, 6.07) is -0.764. The van der Waals surface area contributed by atoms with E-state index in [0.29, 0.717) is 19.3 Å². The molecule has 0 aromatic heterocycles. The Balaban J connectivity index is 2.82. The maximum absolute atomic E-state index is 12.5. The second-order valence-electron chi connectivity index (χ2n) is 6.50. The molecule has 0 unspecified atom stereocenters. The van der Waals surface area contributed by atoms with Gasteiger partial charge in [0.05, 0.1) is 6.54 Å². The summed E-state index contributed by atoms with van der Waals surface area (Å²) in [4.78, 5) is 36.4. The molecule has 0 radical (unpaired) electrons. The zero-order valence-corrected chi connectivity index (χ0v) is 12.7. The van der Waals surface area contributed by atoms with Crippen LogP contribution in [-0.4, -0.2) is 48.2 Å². The van der Waals surface area contributed by atoms with E-state index in [1.807, 2.05) is 27.7 Å². The van der Waals surface area contributed by atoms with E-state index in [-0.39, 0.29) is 35.7 Å². The van der Waals surface area contributed by atoms with Crippen molar-refractivity contribution < 1.29 is 14.4 Å². The molecular weight excluding hydrogens is 258 g/mol. The van der Waals surface area contributed by atoms with Crippen LogP contribution in [0.5, 0.6) is 0 Å². The van der Waals surface area contributed by atoms with Crippen LogP contribution in [0.2, 0.25) is 0 Å². The van der Waals surface area contributed by atoms with Crippen molar-refractivity contribution in [3.63, 3.8) is 0 Å². The van der Waals surface area contributed by atoms with E-state index in [4.69, 9.17) is 5.73 Å². The van der Waals surface area contributed by atoms with Crippen molar-refractivity contribution in [1.29, 1.82) is 0 Å². The normalized spacial score (nSPS) is 24.4. The Morgan fingerprint density at radius 3 is 2.55 bits per heavy atom. The number of hydrogen-bond acceptors (Lipinski definition) is 4. The fourth-order valence-electron chi connectivity index (χ4n) is 2.24. The largest absolute Gasteiger partial charge is 0.348 e. The number of nitrogens with one attached hydrogen (secondary N) is 1. The van der Waals surface area contributed by atoms with Gasteiger partial charge >= 0.3 is 0 Å². The summed E-state index contributed by atoms with van der Waals surface area (Å²) in [5.74, 6) is -0.564. The highest BCUT2D eigenvalue weighted by atomic mass is 16.2. The van der Waals surface area contributed by atoms with Crippen molar-refractivity contribution in [2.45, 2.75) is 46.2 Å². The van der Waals surface area contributed by atoms with E-state index >= 15 is 0 Å². The Hall–Kier alpha value is -1.43. The Morgan fingerprint density at radius 2 is 2.05 bits per heavy atom. The lowest BCUT2D eigenvalue weighted by atomic mass is 9.81. The third-order valence-electron chi connectivity index (χ3n) is 3.95. The first-order valence-corrected chi connectivity index (χ1v) is 6.96.